The van der Waals surface area contributed by atoms with Crippen LogP contribution in [-0.2, 0) is 20.9 Å². The topological polar surface area (TPSA) is 63.7 Å². The molecule has 1 aromatic carbocycles. The monoisotopic (exact) mass is 337 g/mol. The van der Waals surface area contributed by atoms with Gasteiger partial charge in [0.15, 0.2) is 0 Å². The Hall–Kier alpha value is -1.77. The molecule has 2 rings (SSSR count). The van der Waals surface area contributed by atoms with Crippen molar-refractivity contribution in [1.29, 1.82) is 0 Å². The number of hydrogen-bond acceptors (Lipinski definition) is 4. The van der Waals surface area contributed by atoms with Gasteiger partial charge in [0.05, 0.1) is 23.1 Å². The van der Waals surface area contributed by atoms with Gasteiger partial charge < -0.3 is 4.74 Å². The van der Waals surface area contributed by atoms with Gasteiger partial charge in [0.2, 0.25) is 0 Å². The quantitative estimate of drug-likeness (QED) is 0.847. The molecule has 9 heteroatoms. The summed E-state index contributed by atoms with van der Waals surface area (Å²) in [5.74, 6) is 0. The second kappa shape index (κ2) is 5.79. The third-order valence-electron chi connectivity index (χ3n) is 3.06. The molecule has 22 heavy (non-hydrogen) atoms. The second-order valence-electron chi connectivity index (χ2n) is 4.75. The van der Waals surface area contributed by atoms with E-state index in [1.807, 2.05) is 0 Å². The summed E-state index contributed by atoms with van der Waals surface area (Å²) in [7, 11) is -4.23. The van der Waals surface area contributed by atoms with Crippen molar-refractivity contribution in [1.82, 2.24) is 4.31 Å². The Morgan fingerprint density at radius 1 is 1.27 bits per heavy atom. The highest BCUT2D eigenvalue weighted by molar-refractivity contribution is 7.89. The fourth-order valence-corrected chi connectivity index (χ4v) is 3.43. The van der Waals surface area contributed by atoms with Crippen molar-refractivity contribution in [2.75, 3.05) is 6.61 Å². The fraction of sp³-hybridized carbons (Fsp3) is 0.462. The molecule has 0 unspecified atom stereocenters. The van der Waals surface area contributed by atoms with Crippen molar-refractivity contribution >= 4 is 16.1 Å². The highest BCUT2D eigenvalue weighted by Crippen LogP contribution is 2.34. The van der Waals surface area contributed by atoms with Gasteiger partial charge in [0, 0.05) is 0 Å². The Bertz CT molecular complexity index is 651. The number of carbonyl (C=O) groups excluding carboxylic acids is 1. The van der Waals surface area contributed by atoms with E-state index in [0.29, 0.717) is 29.3 Å². The molecule has 0 radical (unpaired) electrons. The fourth-order valence-electron chi connectivity index (χ4n) is 1.87. The zero-order chi connectivity index (χ0) is 16.5. The summed E-state index contributed by atoms with van der Waals surface area (Å²) in [5.41, 5.74) is -0.958. The Morgan fingerprint density at radius 3 is 2.23 bits per heavy atom. The standard InChI is InChI=1S/C13H14F3NO4S/c1-2-21-12(18)17(10-5-6-10)22(19,20)11-7-3-9(4-8-11)13(14,15)16/h3-4,7-8,10H,2,5-6H2,1H3. The van der Waals surface area contributed by atoms with Gasteiger partial charge in [-0.25, -0.2) is 13.2 Å². The van der Waals surface area contributed by atoms with E-state index in [0.717, 1.165) is 12.1 Å². The number of amides is 1. The summed E-state index contributed by atoms with van der Waals surface area (Å²) in [6, 6.07) is 2.53. The van der Waals surface area contributed by atoms with Crippen LogP contribution < -0.4 is 0 Å². The Labute approximate surface area is 125 Å². The lowest BCUT2D eigenvalue weighted by Gasteiger charge is -2.21. The molecule has 0 saturated heterocycles. The molecule has 0 bridgehead atoms. The van der Waals surface area contributed by atoms with Gasteiger partial charge in [-0.2, -0.15) is 17.5 Å². The van der Waals surface area contributed by atoms with E-state index in [4.69, 9.17) is 4.74 Å². The first-order valence-corrected chi connectivity index (χ1v) is 8.00. The van der Waals surface area contributed by atoms with Crippen molar-refractivity contribution in [3.8, 4) is 0 Å². The van der Waals surface area contributed by atoms with Crippen LogP contribution in [0.25, 0.3) is 0 Å². The van der Waals surface area contributed by atoms with Crippen LogP contribution in [0.15, 0.2) is 29.2 Å². The van der Waals surface area contributed by atoms with Crippen LogP contribution in [0.1, 0.15) is 25.3 Å². The van der Waals surface area contributed by atoms with Crippen LogP contribution in [0.3, 0.4) is 0 Å². The molecule has 122 valence electrons. The van der Waals surface area contributed by atoms with Crippen LogP contribution in [0.5, 0.6) is 0 Å². The minimum atomic E-state index is -4.56. The average molecular weight is 337 g/mol. The highest BCUT2D eigenvalue weighted by Gasteiger charge is 2.43. The number of sulfonamides is 1. The maximum atomic E-state index is 12.5. The molecular weight excluding hydrogens is 323 g/mol. The zero-order valence-electron chi connectivity index (χ0n) is 11.6. The number of nitrogens with zero attached hydrogens (tertiary/aromatic N) is 1. The molecule has 1 fully saturated rings. The van der Waals surface area contributed by atoms with Gasteiger partial charge in [-0.05, 0) is 44.0 Å². The van der Waals surface area contributed by atoms with Gasteiger partial charge in [0.25, 0.3) is 10.0 Å². The van der Waals surface area contributed by atoms with Gasteiger partial charge in [-0.1, -0.05) is 0 Å². The SMILES string of the molecule is CCOC(=O)N(C1CC1)S(=O)(=O)c1ccc(C(F)(F)F)cc1. The van der Waals surface area contributed by atoms with Crippen LogP contribution in [0, 0.1) is 0 Å². The molecule has 5 nitrogen and oxygen atoms in total. The van der Waals surface area contributed by atoms with Crippen molar-refractivity contribution in [2.24, 2.45) is 0 Å². The van der Waals surface area contributed by atoms with Crippen molar-refractivity contribution in [2.45, 2.75) is 36.9 Å². The van der Waals surface area contributed by atoms with E-state index in [9.17, 15) is 26.4 Å². The first-order valence-electron chi connectivity index (χ1n) is 6.56. The number of rotatable bonds is 4. The predicted octanol–water partition coefficient (Wildman–Crippen LogP) is 3.02. The molecule has 0 aliphatic heterocycles. The largest absolute Gasteiger partial charge is 0.449 e. The summed E-state index contributed by atoms with van der Waals surface area (Å²) in [5, 5.41) is 0. The summed E-state index contributed by atoms with van der Waals surface area (Å²) in [4.78, 5) is 11.4. The van der Waals surface area contributed by atoms with E-state index >= 15 is 0 Å². The highest BCUT2D eigenvalue weighted by atomic mass is 32.2. The minimum Gasteiger partial charge on any atom is -0.449 e. The maximum Gasteiger partial charge on any atom is 0.424 e. The normalized spacial score (nSPS) is 15.5. The van der Waals surface area contributed by atoms with Crippen LogP contribution in [0.4, 0.5) is 18.0 Å². The Balaban J connectivity index is 2.33. The first-order chi connectivity index (χ1) is 10.2. The number of alkyl halides is 3. The molecule has 1 aliphatic rings. The molecule has 0 aromatic heterocycles. The van der Waals surface area contributed by atoms with E-state index in [1.54, 1.807) is 0 Å². The van der Waals surface area contributed by atoms with Gasteiger partial charge >= 0.3 is 12.3 Å². The van der Waals surface area contributed by atoms with Crippen LogP contribution in [-0.4, -0.2) is 31.5 Å². The van der Waals surface area contributed by atoms with Crippen LogP contribution >= 0.6 is 0 Å². The smallest absolute Gasteiger partial charge is 0.424 e. The average Bonchev–Trinajstić information content (AvgIpc) is 3.22. The number of ether oxygens (including phenoxy) is 1. The summed E-state index contributed by atoms with van der Waals surface area (Å²) >= 11 is 0. The number of benzene rings is 1. The molecule has 0 heterocycles. The molecule has 0 atom stereocenters. The Morgan fingerprint density at radius 2 is 1.82 bits per heavy atom. The predicted molar refractivity (Wildman–Crippen MR) is 70.5 cm³/mol. The molecule has 0 spiro atoms. The first kappa shape index (κ1) is 16.6. The van der Waals surface area contributed by atoms with E-state index in [1.165, 1.54) is 6.92 Å². The second-order valence-corrected chi connectivity index (χ2v) is 6.57. The number of halogens is 3. The van der Waals surface area contributed by atoms with Gasteiger partial charge in [-0.3, -0.25) is 0 Å². The number of carbonyl (C=O) groups is 1. The lowest BCUT2D eigenvalue weighted by Crippen LogP contribution is -2.39. The summed E-state index contributed by atoms with van der Waals surface area (Å²) in [6.07, 6.45) is -4.54. The van der Waals surface area contributed by atoms with Crippen molar-refractivity contribution in [3.05, 3.63) is 29.8 Å². The lowest BCUT2D eigenvalue weighted by molar-refractivity contribution is -0.137. The third-order valence-corrected chi connectivity index (χ3v) is 4.90. The van der Waals surface area contributed by atoms with Crippen molar-refractivity contribution in [3.63, 3.8) is 0 Å². The Kier molecular flexibility index (Phi) is 4.37. The maximum absolute atomic E-state index is 12.5. The number of hydrogen-bond donors (Lipinski definition) is 0. The summed E-state index contributed by atoms with van der Waals surface area (Å²) in [6.45, 7) is 1.54. The molecule has 1 amide bonds. The molecule has 1 aliphatic carbocycles. The zero-order valence-corrected chi connectivity index (χ0v) is 12.4. The van der Waals surface area contributed by atoms with Crippen molar-refractivity contribution < 1.29 is 31.1 Å². The molecule has 0 N–H and O–H groups in total. The van der Waals surface area contributed by atoms with Gasteiger partial charge in [-0.15, -0.1) is 0 Å². The van der Waals surface area contributed by atoms with E-state index in [-0.39, 0.29) is 11.5 Å². The molecular formula is C13H14F3NO4S. The van der Waals surface area contributed by atoms with E-state index < -0.39 is 33.9 Å². The van der Waals surface area contributed by atoms with E-state index in [2.05, 4.69) is 0 Å². The molecule has 1 saturated carbocycles. The van der Waals surface area contributed by atoms with Crippen LogP contribution in [0.2, 0.25) is 0 Å². The van der Waals surface area contributed by atoms with Gasteiger partial charge in [0.1, 0.15) is 0 Å². The third kappa shape index (κ3) is 3.34. The summed E-state index contributed by atoms with van der Waals surface area (Å²) < 4.78 is 67.7. The molecule has 1 aromatic rings. The minimum absolute atomic E-state index is 0.00455. The lowest BCUT2D eigenvalue weighted by atomic mass is 10.2.